The predicted molar refractivity (Wildman–Crippen MR) is 96.0 cm³/mol. The highest BCUT2D eigenvalue weighted by Crippen LogP contribution is 2.13. The van der Waals surface area contributed by atoms with Crippen molar-refractivity contribution in [2.24, 2.45) is 0 Å². The molecule has 0 aromatic rings. The van der Waals surface area contributed by atoms with Crippen LogP contribution in [0, 0.1) is 6.92 Å². The van der Waals surface area contributed by atoms with Gasteiger partial charge in [0.1, 0.15) is 0 Å². The van der Waals surface area contributed by atoms with Crippen molar-refractivity contribution >= 4 is 0 Å². The quantitative estimate of drug-likeness (QED) is 0.232. The summed E-state index contributed by atoms with van der Waals surface area (Å²) in [6.45, 7) is 5.03. The van der Waals surface area contributed by atoms with Gasteiger partial charge in [-0.1, -0.05) is 89.9 Å². The molecule has 1 radical (unpaired) electrons. The minimum atomic E-state index is -0.134. The van der Waals surface area contributed by atoms with Crippen LogP contribution in [-0.4, -0.2) is 19.9 Å². The molecule has 0 saturated heterocycles. The molecular weight excluding hydrogens is 275 g/mol. The minimum absolute atomic E-state index is 0.134. The topological polar surface area (TPSA) is 9.23 Å². The molecule has 0 atom stereocenters. The first-order chi connectivity index (χ1) is 10.9. The van der Waals surface area contributed by atoms with Crippen molar-refractivity contribution in [2.45, 2.75) is 103 Å². The van der Waals surface area contributed by atoms with E-state index in [0.717, 1.165) is 19.4 Å². The maximum Gasteiger partial charge on any atom is 0.0894 e. The second-order valence-electron chi connectivity index (χ2n) is 6.46. The number of halogens is 1. The van der Waals surface area contributed by atoms with Gasteiger partial charge in [-0.2, -0.15) is 0 Å². The van der Waals surface area contributed by atoms with Crippen molar-refractivity contribution in [3.8, 4) is 0 Å². The Hall–Kier alpha value is -0.110. The van der Waals surface area contributed by atoms with E-state index in [-0.39, 0.29) is 6.67 Å². The van der Waals surface area contributed by atoms with Crippen molar-refractivity contribution < 1.29 is 9.13 Å². The normalized spacial score (nSPS) is 11.2. The fraction of sp³-hybridized carbons (Fsp3) is 0.950. The van der Waals surface area contributed by atoms with E-state index in [4.69, 9.17) is 4.74 Å². The summed E-state index contributed by atoms with van der Waals surface area (Å²) in [5, 5.41) is 0. The third-order valence-corrected chi connectivity index (χ3v) is 4.32. The van der Waals surface area contributed by atoms with Crippen molar-refractivity contribution in [2.75, 3.05) is 19.9 Å². The first-order valence-electron chi connectivity index (χ1n) is 9.84. The monoisotopic (exact) mass is 315 g/mol. The van der Waals surface area contributed by atoms with Crippen LogP contribution in [-0.2, 0) is 4.74 Å². The van der Waals surface area contributed by atoms with E-state index in [9.17, 15) is 4.39 Å². The zero-order chi connectivity index (χ0) is 16.1. The molecule has 0 spiro atoms. The highest BCUT2D eigenvalue weighted by molar-refractivity contribution is 4.50. The Bertz CT molecular complexity index is 165. The molecule has 1 nitrogen and oxygen atoms in total. The van der Waals surface area contributed by atoms with Crippen LogP contribution in [0.1, 0.15) is 103 Å². The van der Waals surface area contributed by atoms with Crippen molar-refractivity contribution in [1.29, 1.82) is 0 Å². The molecule has 0 aliphatic heterocycles. The van der Waals surface area contributed by atoms with E-state index in [1.54, 1.807) is 0 Å². The van der Waals surface area contributed by atoms with Gasteiger partial charge >= 0.3 is 0 Å². The average Bonchev–Trinajstić information content (AvgIpc) is 2.54. The van der Waals surface area contributed by atoms with Gasteiger partial charge in [-0.15, -0.1) is 0 Å². The Kier molecular flexibility index (Phi) is 20.8. The summed E-state index contributed by atoms with van der Waals surface area (Å²) in [4.78, 5) is 0. The Morgan fingerprint density at radius 1 is 0.500 bits per heavy atom. The predicted octanol–water partition coefficient (Wildman–Crippen LogP) is 7.05. The van der Waals surface area contributed by atoms with E-state index >= 15 is 0 Å². The molecule has 0 fully saturated rings. The van der Waals surface area contributed by atoms with Crippen LogP contribution in [0.15, 0.2) is 0 Å². The molecule has 0 N–H and O–H groups in total. The molecule has 0 rings (SSSR count). The minimum Gasteiger partial charge on any atom is -0.381 e. The molecule has 22 heavy (non-hydrogen) atoms. The molecule has 0 aliphatic carbocycles. The smallest absolute Gasteiger partial charge is 0.0894 e. The van der Waals surface area contributed by atoms with Crippen LogP contribution in [0.5, 0.6) is 0 Å². The summed E-state index contributed by atoms with van der Waals surface area (Å²) in [5.41, 5.74) is 0. The maximum atomic E-state index is 11.9. The molecule has 0 saturated carbocycles. The number of ether oxygens (including phenoxy) is 1. The summed E-state index contributed by atoms with van der Waals surface area (Å²) in [6, 6.07) is 0. The van der Waals surface area contributed by atoms with Crippen LogP contribution < -0.4 is 0 Å². The molecule has 0 unspecified atom stereocenters. The number of rotatable bonds is 19. The van der Waals surface area contributed by atoms with Crippen LogP contribution in [0.25, 0.3) is 0 Å². The van der Waals surface area contributed by atoms with Gasteiger partial charge in [-0.25, -0.2) is 0 Å². The summed E-state index contributed by atoms with van der Waals surface area (Å²) >= 11 is 0. The molecule has 0 amide bonds. The van der Waals surface area contributed by atoms with Crippen molar-refractivity contribution in [3.05, 3.63) is 6.92 Å². The fourth-order valence-corrected chi connectivity index (χ4v) is 2.88. The van der Waals surface area contributed by atoms with E-state index in [2.05, 4.69) is 6.92 Å². The average molecular weight is 316 g/mol. The number of unbranched alkanes of at least 4 members (excludes halogenated alkanes) is 15. The second kappa shape index (κ2) is 20.9. The van der Waals surface area contributed by atoms with Gasteiger partial charge in [-0.05, 0) is 19.8 Å². The molecule has 0 bridgehead atoms. The van der Waals surface area contributed by atoms with Gasteiger partial charge in [0.05, 0.1) is 6.67 Å². The second-order valence-corrected chi connectivity index (χ2v) is 6.46. The zero-order valence-corrected chi connectivity index (χ0v) is 14.9. The number of alkyl halides is 1. The van der Waals surface area contributed by atoms with E-state index in [1.807, 2.05) is 0 Å². The van der Waals surface area contributed by atoms with Gasteiger partial charge in [0.2, 0.25) is 0 Å². The van der Waals surface area contributed by atoms with Crippen LogP contribution >= 0.6 is 0 Å². The van der Waals surface area contributed by atoms with Gasteiger partial charge < -0.3 is 4.74 Å². The Labute approximate surface area is 139 Å². The third kappa shape index (κ3) is 19.9. The standard InChI is InChI=1S/C20H40FO/c1-2-22-20-18-16-14-12-10-8-6-4-3-5-7-9-11-13-15-17-19-21/h1-20H2. The summed E-state index contributed by atoms with van der Waals surface area (Å²) in [7, 11) is 0. The van der Waals surface area contributed by atoms with Gasteiger partial charge in [0, 0.05) is 13.2 Å². The number of hydrogen-bond donors (Lipinski definition) is 0. The van der Waals surface area contributed by atoms with Crippen LogP contribution in [0.4, 0.5) is 4.39 Å². The SMILES string of the molecule is [CH2]COCCCCCCCCCCCCCCCCCCF. The lowest BCUT2D eigenvalue weighted by atomic mass is 10.0. The van der Waals surface area contributed by atoms with Crippen molar-refractivity contribution in [1.82, 2.24) is 0 Å². The largest absolute Gasteiger partial charge is 0.381 e. The molecule has 0 aromatic carbocycles. The molecule has 0 heterocycles. The summed E-state index contributed by atoms with van der Waals surface area (Å²) < 4.78 is 17.1. The van der Waals surface area contributed by atoms with E-state index < -0.39 is 0 Å². The molecule has 2 heteroatoms. The molecule has 0 aliphatic rings. The maximum absolute atomic E-state index is 11.9. The Morgan fingerprint density at radius 2 is 0.818 bits per heavy atom. The summed E-state index contributed by atoms with van der Waals surface area (Å²) in [5.74, 6) is 0. The Morgan fingerprint density at radius 3 is 1.14 bits per heavy atom. The molecule has 0 aromatic heterocycles. The van der Waals surface area contributed by atoms with Gasteiger partial charge in [0.25, 0.3) is 0 Å². The highest BCUT2D eigenvalue weighted by Gasteiger charge is 1.95. The summed E-state index contributed by atoms with van der Waals surface area (Å²) in [6.07, 6.45) is 20.8. The van der Waals surface area contributed by atoms with Crippen LogP contribution in [0.3, 0.4) is 0 Å². The zero-order valence-electron chi connectivity index (χ0n) is 14.9. The lowest BCUT2D eigenvalue weighted by Gasteiger charge is -2.04. The molecule has 133 valence electrons. The van der Waals surface area contributed by atoms with Gasteiger partial charge in [0.15, 0.2) is 0 Å². The molecular formula is C20H40FO. The van der Waals surface area contributed by atoms with E-state index in [1.165, 1.54) is 89.9 Å². The third-order valence-electron chi connectivity index (χ3n) is 4.32. The van der Waals surface area contributed by atoms with Crippen LogP contribution in [0.2, 0.25) is 0 Å². The highest BCUT2D eigenvalue weighted by atomic mass is 19.1. The lowest BCUT2D eigenvalue weighted by molar-refractivity contribution is 0.156. The number of hydrogen-bond acceptors (Lipinski definition) is 1. The lowest BCUT2D eigenvalue weighted by Crippen LogP contribution is -1.93. The first-order valence-corrected chi connectivity index (χ1v) is 9.84. The van der Waals surface area contributed by atoms with E-state index in [0.29, 0.717) is 6.61 Å². The van der Waals surface area contributed by atoms with Crippen molar-refractivity contribution in [3.63, 3.8) is 0 Å². The Balaban J connectivity index is 2.91. The first kappa shape index (κ1) is 21.9. The fourth-order valence-electron chi connectivity index (χ4n) is 2.88. The van der Waals surface area contributed by atoms with Gasteiger partial charge in [-0.3, -0.25) is 4.39 Å².